The molecule has 0 spiro atoms. The zero-order chi connectivity index (χ0) is 10.8. The molecule has 15 heavy (non-hydrogen) atoms. The van der Waals surface area contributed by atoms with E-state index in [1.54, 1.807) is 0 Å². The lowest BCUT2D eigenvalue weighted by Crippen LogP contribution is -2.51. The molecule has 80 valence electrons. The minimum Gasteiger partial charge on any atom is -0.480 e. The Morgan fingerprint density at radius 3 is 2.60 bits per heavy atom. The number of carbonyl (C=O) groups is 1. The van der Waals surface area contributed by atoms with Gasteiger partial charge < -0.3 is 5.11 Å². The predicted octanol–water partition coefficient (Wildman–Crippen LogP) is 2.11. The van der Waals surface area contributed by atoms with Crippen molar-refractivity contribution in [3.8, 4) is 0 Å². The van der Waals surface area contributed by atoms with E-state index in [0.717, 1.165) is 29.5 Å². The first-order chi connectivity index (χ1) is 7.16. The van der Waals surface area contributed by atoms with Crippen LogP contribution in [0.2, 0.25) is 0 Å². The van der Waals surface area contributed by atoms with Gasteiger partial charge in [-0.05, 0) is 24.1 Å². The van der Waals surface area contributed by atoms with Gasteiger partial charge in [-0.25, -0.2) is 0 Å². The molecular formula is C11H12BrNO2. The van der Waals surface area contributed by atoms with Crippen molar-refractivity contribution in [3.63, 3.8) is 0 Å². The van der Waals surface area contributed by atoms with Crippen molar-refractivity contribution in [2.24, 2.45) is 0 Å². The number of nitrogens with zero attached hydrogens (tertiary/aromatic N) is 1. The lowest BCUT2D eigenvalue weighted by molar-refractivity contribution is -0.148. The number of carboxylic acid groups (broad SMARTS) is 1. The van der Waals surface area contributed by atoms with Crippen molar-refractivity contribution in [1.82, 2.24) is 4.90 Å². The number of likely N-dealkylation sites (tertiary alicyclic amines) is 1. The van der Waals surface area contributed by atoms with Gasteiger partial charge in [0.2, 0.25) is 0 Å². The first-order valence-corrected chi connectivity index (χ1v) is 5.67. The number of aliphatic carboxylic acids is 1. The molecule has 1 aromatic carbocycles. The Bertz CT molecular complexity index is 363. The monoisotopic (exact) mass is 269 g/mol. The summed E-state index contributed by atoms with van der Waals surface area (Å²) >= 11 is 3.37. The van der Waals surface area contributed by atoms with Crippen LogP contribution in [0.15, 0.2) is 28.7 Å². The maximum atomic E-state index is 10.8. The normalized spacial score (nSPS) is 21.0. The van der Waals surface area contributed by atoms with Crippen LogP contribution in [0, 0.1) is 0 Å². The molecule has 0 aliphatic carbocycles. The van der Waals surface area contributed by atoms with Gasteiger partial charge in [-0.2, -0.15) is 0 Å². The highest BCUT2D eigenvalue weighted by Crippen LogP contribution is 2.21. The highest BCUT2D eigenvalue weighted by molar-refractivity contribution is 9.10. The van der Waals surface area contributed by atoms with E-state index in [9.17, 15) is 4.79 Å². The Balaban J connectivity index is 1.97. The number of carboxylic acids is 1. The fourth-order valence-corrected chi connectivity index (χ4v) is 2.00. The smallest absolute Gasteiger partial charge is 0.320 e. The van der Waals surface area contributed by atoms with Crippen molar-refractivity contribution >= 4 is 21.9 Å². The maximum absolute atomic E-state index is 10.8. The van der Waals surface area contributed by atoms with Crippen LogP contribution in [-0.2, 0) is 11.3 Å². The Labute approximate surface area is 96.8 Å². The number of rotatable bonds is 3. The third kappa shape index (κ3) is 2.38. The van der Waals surface area contributed by atoms with Gasteiger partial charge in [0.25, 0.3) is 0 Å². The Kier molecular flexibility index (Phi) is 3.07. The standard InChI is InChI=1S/C11H12BrNO2/c12-9-3-1-8(2-4-9)7-13-6-5-10(13)11(14)15/h1-4,10H,5-7H2,(H,14,15)/t10-/m1/s1. The van der Waals surface area contributed by atoms with Gasteiger partial charge in [-0.1, -0.05) is 28.1 Å². The van der Waals surface area contributed by atoms with E-state index >= 15 is 0 Å². The molecule has 1 heterocycles. The average molecular weight is 270 g/mol. The number of hydrogen-bond donors (Lipinski definition) is 1. The van der Waals surface area contributed by atoms with E-state index in [0.29, 0.717) is 0 Å². The summed E-state index contributed by atoms with van der Waals surface area (Å²) in [6.45, 7) is 1.61. The van der Waals surface area contributed by atoms with E-state index in [2.05, 4.69) is 15.9 Å². The lowest BCUT2D eigenvalue weighted by atomic mass is 10.0. The minimum absolute atomic E-state index is 0.284. The molecule has 0 amide bonds. The summed E-state index contributed by atoms with van der Waals surface area (Å²) in [5, 5.41) is 8.88. The SMILES string of the molecule is O=C(O)[C@H]1CCN1Cc1ccc(Br)cc1. The van der Waals surface area contributed by atoms with Gasteiger partial charge >= 0.3 is 5.97 Å². The third-order valence-electron chi connectivity index (χ3n) is 2.71. The zero-order valence-electron chi connectivity index (χ0n) is 8.19. The Hall–Kier alpha value is -0.870. The molecule has 1 aromatic rings. The Morgan fingerprint density at radius 1 is 1.47 bits per heavy atom. The van der Waals surface area contributed by atoms with Gasteiger partial charge in [-0.3, -0.25) is 9.69 Å². The second kappa shape index (κ2) is 4.33. The summed E-state index contributed by atoms with van der Waals surface area (Å²) in [5.41, 5.74) is 1.16. The van der Waals surface area contributed by atoms with E-state index in [4.69, 9.17) is 5.11 Å². The van der Waals surface area contributed by atoms with Crippen molar-refractivity contribution in [1.29, 1.82) is 0 Å². The molecule has 1 aliphatic rings. The highest BCUT2D eigenvalue weighted by Gasteiger charge is 2.33. The second-order valence-corrected chi connectivity index (χ2v) is 4.66. The summed E-state index contributed by atoms with van der Waals surface area (Å²) in [7, 11) is 0. The maximum Gasteiger partial charge on any atom is 0.320 e. The molecule has 1 saturated heterocycles. The van der Waals surface area contributed by atoms with Crippen LogP contribution in [0.3, 0.4) is 0 Å². The van der Waals surface area contributed by atoms with Gasteiger partial charge in [0.1, 0.15) is 6.04 Å². The largest absolute Gasteiger partial charge is 0.480 e. The summed E-state index contributed by atoms with van der Waals surface area (Å²) < 4.78 is 1.05. The van der Waals surface area contributed by atoms with Crippen LogP contribution in [0.25, 0.3) is 0 Å². The van der Waals surface area contributed by atoms with Gasteiger partial charge in [0.15, 0.2) is 0 Å². The molecule has 0 unspecified atom stereocenters. The third-order valence-corrected chi connectivity index (χ3v) is 3.24. The van der Waals surface area contributed by atoms with E-state index in [-0.39, 0.29) is 6.04 Å². The fraction of sp³-hybridized carbons (Fsp3) is 0.364. The van der Waals surface area contributed by atoms with Crippen LogP contribution in [0.1, 0.15) is 12.0 Å². The first kappa shape index (κ1) is 10.6. The number of hydrogen-bond acceptors (Lipinski definition) is 2. The van der Waals surface area contributed by atoms with E-state index in [1.165, 1.54) is 0 Å². The van der Waals surface area contributed by atoms with Crippen molar-refractivity contribution < 1.29 is 9.90 Å². The Morgan fingerprint density at radius 2 is 2.13 bits per heavy atom. The first-order valence-electron chi connectivity index (χ1n) is 4.88. The van der Waals surface area contributed by atoms with Gasteiger partial charge in [-0.15, -0.1) is 0 Å². The summed E-state index contributed by atoms with van der Waals surface area (Å²) in [5.74, 6) is -0.710. The van der Waals surface area contributed by atoms with Crippen molar-refractivity contribution in [2.75, 3.05) is 6.54 Å². The molecule has 1 atom stereocenters. The van der Waals surface area contributed by atoms with Gasteiger partial charge in [0.05, 0.1) is 0 Å². The molecule has 2 rings (SSSR count). The van der Waals surface area contributed by atoms with Crippen LogP contribution in [0.5, 0.6) is 0 Å². The van der Waals surface area contributed by atoms with Crippen LogP contribution in [-0.4, -0.2) is 28.6 Å². The van der Waals surface area contributed by atoms with Crippen LogP contribution in [0.4, 0.5) is 0 Å². The van der Waals surface area contributed by atoms with Crippen LogP contribution >= 0.6 is 15.9 Å². The molecule has 0 bridgehead atoms. The molecule has 1 N–H and O–H groups in total. The summed E-state index contributed by atoms with van der Waals surface area (Å²) in [6, 6.07) is 7.70. The molecule has 0 aromatic heterocycles. The quantitative estimate of drug-likeness (QED) is 0.914. The predicted molar refractivity (Wildman–Crippen MR) is 60.6 cm³/mol. The number of halogens is 1. The topological polar surface area (TPSA) is 40.5 Å². The fourth-order valence-electron chi connectivity index (χ4n) is 1.73. The van der Waals surface area contributed by atoms with E-state index < -0.39 is 5.97 Å². The zero-order valence-corrected chi connectivity index (χ0v) is 9.77. The molecule has 0 radical (unpaired) electrons. The van der Waals surface area contributed by atoms with Crippen molar-refractivity contribution in [3.05, 3.63) is 34.3 Å². The van der Waals surface area contributed by atoms with Gasteiger partial charge in [0, 0.05) is 17.6 Å². The molecule has 3 nitrogen and oxygen atoms in total. The number of benzene rings is 1. The van der Waals surface area contributed by atoms with E-state index in [1.807, 2.05) is 29.2 Å². The molecule has 4 heteroatoms. The summed E-state index contributed by atoms with van der Waals surface area (Å²) in [4.78, 5) is 12.8. The van der Waals surface area contributed by atoms with Crippen LogP contribution < -0.4 is 0 Å². The molecule has 1 fully saturated rings. The molecular weight excluding hydrogens is 258 g/mol. The highest BCUT2D eigenvalue weighted by atomic mass is 79.9. The molecule has 0 saturated carbocycles. The molecule has 1 aliphatic heterocycles. The minimum atomic E-state index is -0.710. The van der Waals surface area contributed by atoms with Crippen molar-refractivity contribution in [2.45, 2.75) is 19.0 Å². The summed E-state index contributed by atoms with van der Waals surface area (Å²) in [6.07, 6.45) is 0.770. The lowest BCUT2D eigenvalue weighted by Gasteiger charge is -2.37. The average Bonchev–Trinajstić information content (AvgIpc) is 2.14. The second-order valence-electron chi connectivity index (χ2n) is 3.74.